The number of nitrogens with zero attached hydrogens (tertiary/aromatic N) is 4. The average molecular weight is 294 g/mol. The molecule has 0 spiro atoms. The molecule has 1 N–H and O–H groups in total. The maximum Gasteiger partial charge on any atom is 0.269 e. The van der Waals surface area contributed by atoms with E-state index in [2.05, 4.69) is 15.5 Å². The highest BCUT2D eigenvalue weighted by Crippen LogP contribution is 2.21. The Balaban J connectivity index is 2.00. The fraction of sp³-hybridized carbons (Fsp3) is 0.462. The molecule has 0 saturated heterocycles. The van der Waals surface area contributed by atoms with Crippen LogP contribution in [0.1, 0.15) is 23.5 Å². The second-order valence-corrected chi connectivity index (χ2v) is 5.38. The number of anilines is 1. The zero-order chi connectivity index (χ0) is 14.3. The molecule has 0 aliphatic carbocycles. The van der Waals surface area contributed by atoms with Crippen molar-refractivity contribution in [3.05, 3.63) is 38.5 Å². The maximum atomic E-state index is 12.1. The Kier molecular flexibility index (Phi) is 3.25. The van der Waals surface area contributed by atoms with E-state index in [-0.39, 0.29) is 5.56 Å². The van der Waals surface area contributed by atoms with Gasteiger partial charge in [-0.1, -0.05) is 11.6 Å². The van der Waals surface area contributed by atoms with Crippen LogP contribution in [0.4, 0.5) is 5.69 Å². The standard InChI is InChI=1S/C13H16ClN5O/c1-8-13(14)11(18(2)16-8)7-19-12(20)6-10-9(17-19)4-3-5-15-10/h6,15H,3-5,7H2,1-2H3. The van der Waals surface area contributed by atoms with Crippen LogP contribution in [0.3, 0.4) is 0 Å². The summed E-state index contributed by atoms with van der Waals surface area (Å²) in [7, 11) is 1.82. The van der Waals surface area contributed by atoms with Gasteiger partial charge in [0.25, 0.3) is 5.56 Å². The minimum Gasteiger partial charge on any atom is -0.383 e. The van der Waals surface area contributed by atoms with Gasteiger partial charge in [-0.15, -0.1) is 0 Å². The lowest BCUT2D eigenvalue weighted by atomic mass is 10.1. The lowest BCUT2D eigenvalue weighted by Gasteiger charge is -2.17. The van der Waals surface area contributed by atoms with E-state index in [4.69, 9.17) is 11.6 Å². The Morgan fingerprint density at radius 2 is 2.25 bits per heavy atom. The molecule has 1 aliphatic rings. The van der Waals surface area contributed by atoms with Crippen LogP contribution in [0.25, 0.3) is 0 Å². The summed E-state index contributed by atoms with van der Waals surface area (Å²) in [6.07, 6.45) is 1.92. The summed E-state index contributed by atoms with van der Waals surface area (Å²) >= 11 is 6.22. The fourth-order valence-electron chi connectivity index (χ4n) is 2.45. The zero-order valence-corrected chi connectivity index (χ0v) is 12.2. The van der Waals surface area contributed by atoms with Crippen LogP contribution >= 0.6 is 11.6 Å². The largest absolute Gasteiger partial charge is 0.383 e. The number of halogens is 1. The molecule has 0 unspecified atom stereocenters. The monoisotopic (exact) mass is 293 g/mol. The van der Waals surface area contributed by atoms with Crippen molar-refractivity contribution in [2.24, 2.45) is 7.05 Å². The third-order valence-electron chi connectivity index (χ3n) is 3.54. The first kappa shape index (κ1) is 13.2. The van der Waals surface area contributed by atoms with Crippen LogP contribution in [0.5, 0.6) is 0 Å². The number of rotatable bonds is 2. The predicted molar refractivity (Wildman–Crippen MR) is 77.4 cm³/mol. The number of aromatic nitrogens is 4. The highest BCUT2D eigenvalue weighted by molar-refractivity contribution is 6.31. The first-order valence-electron chi connectivity index (χ1n) is 6.59. The minimum atomic E-state index is -0.131. The van der Waals surface area contributed by atoms with Gasteiger partial charge in [0, 0.05) is 19.7 Å². The zero-order valence-electron chi connectivity index (χ0n) is 11.5. The average Bonchev–Trinajstić information content (AvgIpc) is 2.66. The van der Waals surface area contributed by atoms with Gasteiger partial charge in [-0.2, -0.15) is 10.2 Å². The highest BCUT2D eigenvalue weighted by Gasteiger charge is 2.16. The molecule has 106 valence electrons. The van der Waals surface area contributed by atoms with Crippen LogP contribution in [0.15, 0.2) is 10.9 Å². The molecular formula is C13H16ClN5O. The van der Waals surface area contributed by atoms with Crippen LogP contribution in [0, 0.1) is 6.92 Å². The molecule has 3 heterocycles. The molecule has 0 saturated carbocycles. The van der Waals surface area contributed by atoms with Crippen molar-refractivity contribution in [2.45, 2.75) is 26.3 Å². The van der Waals surface area contributed by atoms with Gasteiger partial charge in [-0.3, -0.25) is 9.48 Å². The van der Waals surface area contributed by atoms with E-state index in [9.17, 15) is 4.79 Å². The smallest absolute Gasteiger partial charge is 0.269 e. The molecule has 0 atom stereocenters. The summed E-state index contributed by atoms with van der Waals surface area (Å²) in [6.45, 7) is 3.08. The molecule has 6 nitrogen and oxygen atoms in total. The Labute approximate surface area is 121 Å². The van der Waals surface area contributed by atoms with Crippen LogP contribution < -0.4 is 10.9 Å². The summed E-state index contributed by atoms with van der Waals surface area (Å²) < 4.78 is 3.15. The van der Waals surface area contributed by atoms with Crippen molar-refractivity contribution < 1.29 is 0 Å². The highest BCUT2D eigenvalue weighted by atomic mass is 35.5. The van der Waals surface area contributed by atoms with Crippen LogP contribution in [-0.4, -0.2) is 26.1 Å². The van der Waals surface area contributed by atoms with Crippen molar-refractivity contribution in [1.29, 1.82) is 0 Å². The first-order valence-corrected chi connectivity index (χ1v) is 6.97. The predicted octanol–water partition coefficient (Wildman–Crippen LogP) is 1.35. The number of fused-ring (bicyclic) bond motifs is 1. The maximum absolute atomic E-state index is 12.1. The Hall–Kier alpha value is -1.82. The number of hydrogen-bond acceptors (Lipinski definition) is 4. The van der Waals surface area contributed by atoms with Gasteiger partial charge >= 0.3 is 0 Å². The van der Waals surface area contributed by atoms with E-state index in [0.717, 1.165) is 42.2 Å². The Bertz CT molecular complexity index is 718. The van der Waals surface area contributed by atoms with Gasteiger partial charge in [0.15, 0.2) is 0 Å². The minimum absolute atomic E-state index is 0.131. The van der Waals surface area contributed by atoms with E-state index in [1.54, 1.807) is 10.7 Å². The molecule has 3 rings (SSSR count). The van der Waals surface area contributed by atoms with Gasteiger partial charge in [-0.05, 0) is 19.8 Å². The van der Waals surface area contributed by atoms with E-state index < -0.39 is 0 Å². The third kappa shape index (κ3) is 2.20. The first-order chi connectivity index (χ1) is 9.56. The van der Waals surface area contributed by atoms with Crippen molar-refractivity contribution in [3.63, 3.8) is 0 Å². The Morgan fingerprint density at radius 3 is 2.95 bits per heavy atom. The summed E-state index contributed by atoms with van der Waals surface area (Å²) in [4.78, 5) is 12.1. The molecule has 1 aliphatic heterocycles. The SMILES string of the molecule is Cc1nn(C)c(Cn2nc3c(cc2=O)NCCC3)c1Cl. The molecule has 2 aromatic heterocycles. The normalized spacial score (nSPS) is 13.9. The van der Waals surface area contributed by atoms with Gasteiger partial charge < -0.3 is 5.32 Å². The van der Waals surface area contributed by atoms with Gasteiger partial charge in [0.2, 0.25) is 0 Å². The topological polar surface area (TPSA) is 64.7 Å². The van der Waals surface area contributed by atoms with Crippen molar-refractivity contribution in [2.75, 3.05) is 11.9 Å². The second kappa shape index (κ2) is 4.94. The lowest BCUT2D eigenvalue weighted by molar-refractivity contribution is 0.573. The molecule has 7 heteroatoms. The second-order valence-electron chi connectivity index (χ2n) is 5.00. The summed E-state index contributed by atoms with van der Waals surface area (Å²) in [5.41, 5.74) is 3.21. The van der Waals surface area contributed by atoms with E-state index >= 15 is 0 Å². The molecule has 2 aromatic rings. The van der Waals surface area contributed by atoms with Crippen molar-refractivity contribution in [3.8, 4) is 0 Å². The van der Waals surface area contributed by atoms with E-state index in [0.29, 0.717) is 11.6 Å². The third-order valence-corrected chi connectivity index (χ3v) is 4.03. The molecule has 0 radical (unpaired) electrons. The molecule has 0 aromatic carbocycles. The number of aryl methyl sites for hydroxylation is 3. The molecule has 0 bridgehead atoms. The van der Waals surface area contributed by atoms with Crippen LogP contribution in [0.2, 0.25) is 5.02 Å². The van der Waals surface area contributed by atoms with E-state index in [1.165, 1.54) is 4.68 Å². The molecule has 0 fully saturated rings. The van der Waals surface area contributed by atoms with Crippen molar-refractivity contribution in [1.82, 2.24) is 19.6 Å². The van der Waals surface area contributed by atoms with Crippen LogP contribution in [-0.2, 0) is 20.0 Å². The summed E-state index contributed by atoms with van der Waals surface area (Å²) in [5.74, 6) is 0. The number of hydrogen-bond donors (Lipinski definition) is 1. The van der Waals surface area contributed by atoms with E-state index in [1.807, 2.05) is 14.0 Å². The van der Waals surface area contributed by atoms with Crippen molar-refractivity contribution >= 4 is 17.3 Å². The van der Waals surface area contributed by atoms with Gasteiger partial charge in [0.1, 0.15) is 0 Å². The lowest BCUT2D eigenvalue weighted by Crippen LogP contribution is -2.28. The number of nitrogens with one attached hydrogen (secondary N) is 1. The fourth-order valence-corrected chi connectivity index (χ4v) is 2.67. The summed E-state index contributed by atoms with van der Waals surface area (Å²) in [6, 6.07) is 1.61. The Morgan fingerprint density at radius 1 is 1.45 bits per heavy atom. The molecular weight excluding hydrogens is 278 g/mol. The quantitative estimate of drug-likeness (QED) is 0.908. The van der Waals surface area contributed by atoms with Gasteiger partial charge in [0.05, 0.1) is 34.3 Å². The summed E-state index contributed by atoms with van der Waals surface area (Å²) in [5, 5.41) is 12.5. The van der Waals surface area contributed by atoms with Gasteiger partial charge in [-0.25, -0.2) is 4.68 Å². The molecule has 20 heavy (non-hydrogen) atoms. The molecule has 0 amide bonds.